The molecular formula is C31H36N6O3. The Bertz CT molecular complexity index is 1530. The lowest BCUT2D eigenvalue weighted by Gasteiger charge is -2.21. The van der Waals surface area contributed by atoms with Gasteiger partial charge in [0.2, 0.25) is 6.41 Å². The van der Waals surface area contributed by atoms with Gasteiger partial charge in [-0.3, -0.25) is 4.79 Å². The van der Waals surface area contributed by atoms with E-state index < -0.39 is 11.7 Å². The van der Waals surface area contributed by atoms with E-state index >= 15 is 0 Å². The van der Waals surface area contributed by atoms with Gasteiger partial charge in [0.05, 0.1) is 36.4 Å². The summed E-state index contributed by atoms with van der Waals surface area (Å²) >= 11 is 0. The first kappa shape index (κ1) is 27.2. The van der Waals surface area contributed by atoms with Gasteiger partial charge in [-0.25, -0.2) is 14.8 Å². The largest absolute Gasteiger partial charge is 0.444 e. The van der Waals surface area contributed by atoms with Crippen LogP contribution in [-0.4, -0.2) is 38.0 Å². The van der Waals surface area contributed by atoms with E-state index in [-0.39, 0.29) is 18.5 Å². The number of H-pyrrole nitrogens is 2. The van der Waals surface area contributed by atoms with Gasteiger partial charge in [-0.1, -0.05) is 38.1 Å². The van der Waals surface area contributed by atoms with Crippen molar-refractivity contribution in [3.05, 3.63) is 71.6 Å². The molecule has 4 N–H and O–H groups in total. The Hall–Kier alpha value is -4.40. The molecule has 0 spiro atoms. The van der Waals surface area contributed by atoms with E-state index in [1.54, 1.807) is 6.20 Å². The monoisotopic (exact) mass is 540 g/mol. The number of aromatic amines is 2. The van der Waals surface area contributed by atoms with Gasteiger partial charge in [0.25, 0.3) is 0 Å². The lowest BCUT2D eigenvalue weighted by molar-refractivity contribution is -0.110. The third-order valence-electron chi connectivity index (χ3n) is 7.02. The molecule has 9 heteroatoms. The second kappa shape index (κ2) is 11.0. The number of hydrogen-bond acceptors (Lipinski definition) is 5. The lowest BCUT2D eigenvalue weighted by Crippen LogP contribution is -2.32. The summed E-state index contributed by atoms with van der Waals surface area (Å²) in [7, 11) is 0. The molecule has 0 bridgehead atoms. The molecule has 0 aliphatic heterocycles. The zero-order valence-corrected chi connectivity index (χ0v) is 23.6. The van der Waals surface area contributed by atoms with Crippen LogP contribution < -0.4 is 10.6 Å². The molecule has 1 unspecified atom stereocenters. The van der Waals surface area contributed by atoms with Crippen LogP contribution in [0.5, 0.6) is 0 Å². The molecule has 0 saturated carbocycles. The van der Waals surface area contributed by atoms with Crippen molar-refractivity contribution < 1.29 is 14.3 Å². The molecular weight excluding hydrogens is 504 g/mol. The molecule has 4 aromatic rings. The highest BCUT2D eigenvalue weighted by Gasteiger charge is 2.21. The van der Waals surface area contributed by atoms with Gasteiger partial charge in [0.15, 0.2) is 0 Å². The molecule has 2 amide bonds. The summed E-state index contributed by atoms with van der Waals surface area (Å²) in [5.41, 5.74) is 8.52. The van der Waals surface area contributed by atoms with Crippen molar-refractivity contribution >= 4 is 12.5 Å². The number of alkyl carbamates (subject to hydrolysis) is 1. The third-order valence-corrected chi connectivity index (χ3v) is 7.02. The normalized spacial score (nSPS) is 13.3. The number of benzene rings is 2. The molecule has 5 rings (SSSR count). The van der Waals surface area contributed by atoms with E-state index in [4.69, 9.17) is 4.74 Å². The van der Waals surface area contributed by atoms with E-state index in [1.165, 1.54) is 22.3 Å². The van der Waals surface area contributed by atoms with Crippen LogP contribution in [-0.2, 0) is 28.9 Å². The third kappa shape index (κ3) is 5.93. The molecule has 2 heterocycles. The summed E-state index contributed by atoms with van der Waals surface area (Å²) < 4.78 is 5.29. The van der Waals surface area contributed by atoms with Gasteiger partial charge < -0.3 is 25.3 Å². The number of hydrogen-bond donors (Lipinski definition) is 4. The molecule has 1 aliphatic rings. The molecule has 40 heavy (non-hydrogen) atoms. The Kier molecular flexibility index (Phi) is 7.47. The molecule has 1 aliphatic carbocycles. The quantitative estimate of drug-likeness (QED) is 0.213. The number of nitrogens with zero attached hydrogens (tertiary/aromatic N) is 2. The summed E-state index contributed by atoms with van der Waals surface area (Å²) in [5, 5.41) is 5.59. The van der Waals surface area contributed by atoms with Gasteiger partial charge in [0.1, 0.15) is 17.2 Å². The average molecular weight is 541 g/mol. The standard InChI is InChI=1S/C31H36N6O3/c1-18(2)28(35-17-38)29-33-15-26(37-29)22-9-11-24-20(13-22)7-6-19-12-21(8-10-23(19)24)25-14-32-27(36-25)16-34-30(39)40-31(3,4)5/h8-15,17-18,28H,6-7,16H2,1-5H3,(H,32,36)(H,33,37)(H,34,39)(H,35,38). The average Bonchev–Trinajstić information content (AvgIpc) is 3.59. The first-order chi connectivity index (χ1) is 19.1. The zero-order chi connectivity index (χ0) is 28.4. The molecule has 2 aromatic carbocycles. The van der Waals surface area contributed by atoms with Crippen molar-refractivity contribution in [3.63, 3.8) is 0 Å². The maximum Gasteiger partial charge on any atom is 0.408 e. The maximum atomic E-state index is 12.0. The lowest BCUT2D eigenvalue weighted by atomic mass is 9.83. The minimum Gasteiger partial charge on any atom is -0.444 e. The van der Waals surface area contributed by atoms with Crippen LogP contribution in [0.15, 0.2) is 48.8 Å². The highest BCUT2D eigenvalue weighted by Crippen LogP contribution is 2.37. The first-order valence-electron chi connectivity index (χ1n) is 13.6. The summed E-state index contributed by atoms with van der Waals surface area (Å²) in [6.07, 6.45) is 5.77. The number of rotatable bonds is 8. The van der Waals surface area contributed by atoms with Gasteiger partial charge >= 0.3 is 6.09 Å². The number of carbonyl (C=O) groups excluding carboxylic acids is 2. The zero-order valence-electron chi connectivity index (χ0n) is 23.6. The minimum atomic E-state index is -0.545. The van der Waals surface area contributed by atoms with E-state index in [0.717, 1.165) is 47.6 Å². The van der Waals surface area contributed by atoms with Crippen LogP contribution in [0.1, 0.15) is 63.4 Å². The van der Waals surface area contributed by atoms with Gasteiger partial charge in [-0.05, 0) is 85.0 Å². The van der Waals surface area contributed by atoms with Crippen LogP contribution in [0.4, 0.5) is 4.79 Å². The predicted molar refractivity (Wildman–Crippen MR) is 154 cm³/mol. The Labute approximate surface area is 234 Å². The number of carbonyl (C=O) groups is 2. The smallest absolute Gasteiger partial charge is 0.408 e. The van der Waals surface area contributed by atoms with Crippen LogP contribution >= 0.6 is 0 Å². The number of fused-ring (bicyclic) bond motifs is 3. The van der Waals surface area contributed by atoms with Crippen LogP contribution in [0.2, 0.25) is 0 Å². The topological polar surface area (TPSA) is 125 Å². The minimum absolute atomic E-state index is 0.155. The van der Waals surface area contributed by atoms with E-state index in [1.807, 2.05) is 27.0 Å². The Morgan fingerprint density at radius 3 is 2.15 bits per heavy atom. The van der Waals surface area contributed by atoms with Crippen LogP contribution in [0.25, 0.3) is 33.6 Å². The SMILES string of the molecule is CC(C)C(NC=O)c1ncc(-c2ccc3c(c2)CCc2cc(-c4cnc(CNC(=O)OC(C)(C)C)[nH]4)ccc2-3)[nH]1. The molecule has 1 atom stereocenters. The molecule has 2 aromatic heterocycles. The fourth-order valence-electron chi connectivity index (χ4n) is 5.10. The number of ether oxygens (including phenoxy) is 1. The fraction of sp³-hybridized carbons (Fsp3) is 0.355. The fourth-order valence-corrected chi connectivity index (χ4v) is 5.10. The number of amides is 2. The summed E-state index contributed by atoms with van der Waals surface area (Å²) in [6.45, 7) is 9.87. The van der Waals surface area contributed by atoms with Crippen molar-refractivity contribution in [2.75, 3.05) is 0 Å². The highest BCUT2D eigenvalue weighted by molar-refractivity contribution is 5.79. The molecule has 208 valence electrons. The van der Waals surface area contributed by atoms with E-state index in [0.29, 0.717) is 5.82 Å². The summed E-state index contributed by atoms with van der Waals surface area (Å²) in [6, 6.07) is 12.9. The van der Waals surface area contributed by atoms with Crippen molar-refractivity contribution in [1.82, 2.24) is 30.6 Å². The van der Waals surface area contributed by atoms with Crippen molar-refractivity contribution in [2.45, 2.75) is 65.6 Å². The van der Waals surface area contributed by atoms with Gasteiger partial charge in [-0.2, -0.15) is 0 Å². The van der Waals surface area contributed by atoms with Crippen molar-refractivity contribution in [2.24, 2.45) is 5.92 Å². The van der Waals surface area contributed by atoms with Gasteiger partial charge in [-0.15, -0.1) is 0 Å². The van der Waals surface area contributed by atoms with Gasteiger partial charge in [0, 0.05) is 0 Å². The molecule has 0 radical (unpaired) electrons. The molecule has 9 nitrogen and oxygen atoms in total. The number of imidazole rings is 2. The number of nitrogens with one attached hydrogen (secondary N) is 4. The Morgan fingerprint density at radius 1 is 0.975 bits per heavy atom. The highest BCUT2D eigenvalue weighted by atomic mass is 16.6. The van der Waals surface area contributed by atoms with Crippen LogP contribution in [0, 0.1) is 5.92 Å². The second-order valence-corrected chi connectivity index (χ2v) is 11.5. The van der Waals surface area contributed by atoms with E-state index in [2.05, 4.69) is 80.8 Å². The summed E-state index contributed by atoms with van der Waals surface area (Å²) in [4.78, 5) is 38.7. The first-order valence-corrected chi connectivity index (χ1v) is 13.6. The predicted octanol–water partition coefficient (Wildman–Crippen LogP) is 5.70. The van der Waals surface area contributed by atoms with Crippen molar-refractivity contribution in [1.29, 1.82) is 0 Å². The second-order valence-electron chi connectivity index (χ2n) is 11.5. The Morgan fingerprint density at radius 2 is 1.57 bits per heavy atom. The Balaban J connectivity index is 1.31. The summed E-state index contributed by atoms with van der Waals surface area (Å²) in [5.74, 6) is 1.65. The van der Waals surface area contributed by atoms with Crippen LogP contribution in [0.3, 0.4) is 0 Å². The number of aryl methyl sites for hydroxylation is 2. The number of aromatic nitrogens is 4. The van der Waals surface area contributed by atoms with E-state index in [9.17, 15) is 9.59 Å². The van der Waals surface area contributed by atoms with Crippen molar-refractivity contribution in [3.8, 4) is 33.6 Å². The maximum absolute atomic E-state index is 12.0. The molecule has 0 fully saturated rings. The molecule has 0 saturated heterocycles.